The normalized spacial score (nSPS) is 10.4. The molecule has 100 valence electrons. The Balaban J connectivity index is 2.03. The molecule has 2 amide bonds. The minimum absolute atomic E-state index is 0.0934. The van der Waals surface area contributed by atoms with Crippen molar-refractivity contribution >= 4 is 40.7 Å². The highest BCUT2D eigenvalue weighted by molar-refractivity contribution is 8.01. The number of halogens is 1. The van der Waals surface area contributed by atoms with E-state index in [-0.39, 0.29) is 6.54 Å². The highest BCUT2D eigenvalue weighted by Gasteiger charge is 2.09. The molecule has 0 aliphatic rings. The van der Waals surface area contributed by atoms with E-state index in [4.69, 9.17) is 17.3 Å². The molecular formula is C12H11ClN2O2S2. The van der Waals surface area contributed by atoms with E-state index in [2.05, 4.69) is 0 Å². The van der Waals surface area contributed by atoms with Crippen LogP contribution in [0.1, 0.15) is 4.88 Å². The molecule has 2 rings (SSSR count). The van der Waals surface area contributed by atoms with Crippen LogP contribution in [0.15, 0.2) is 45.5 Å². The van der Waals surface area contributed by atoms with Gasteiger partial charge < -0.3 is 5.73 Å². The van der Waals surface area contributed by atoms with Crippen molar-refractivity contribution in [3.63, 3.8) is 0 Å². The van der Waals surface area contributed by atoms with E-state index in [9.17, 15) is 10.0 Å². The van der Waals surface area contributed by atoms with Crippen LogP contribution in [0.25, 0.3) is 0 Å². The average Bonchev–Trinajstić information content (AvgIpc) is 2.76. The Labute approximate surface area is 123 Å². The van der Waals surface area contributed by atoms with Gasteiger partial charge in [-0.05, 0) is 30.3 Å². The molecule has 0 radical (unpaired) electrons. The first-order valence-corrected chi connectivity index (χ1v) is 7.33. The topological polar surface area (TPSA) is 66.6 Å². The van der Waals surface area contributed by atoms with Gasteiger partial charge in [-0.3, -0.25) is 5.21 Å². The second kappa shape index (κ2) is 6.29. The molecule has 0 saturated heterocycles. The van der Waals surface area contributed by atoms with E-state index in [1.807, 2.05) is 36.4 Å². The second-order valence-corrected chi connectivity index (χ2v) is 6.65. The fourth-order valence-electron chi connectivity index (χ4n) is 1.37. The summed E-state index contributed by atoms with van der Waals surface area (Å²) >= 11 is 8.98. The van der Waals surface area contributed by atoms with Crippen molar-refractivity contribution in [1.29, 1.82) is 0 Å². The third-order valence-corrected chi connectivity index (χ3v) is 4.64. The number of amides is 2. The lowest BCUT2D eigenvalue weighted by Crippen LogP contribution is -2.31. The minimum atomic E-state index is -0.863. The summed E-state index contributed by atoms with van der Waals surface area (Å²) in [5.74, 6) is 0. The van der Waals surface area contributed by atoms with Crippen LogP contribution < -0.4 is 5.73 Å². The number of carbonyl (C=O) groups excluding carboxylic acids is 1. The van der Waals surface area contributed by atoms with Gasteiger partial charge in [0.05, 0.1) is 10.8 Å². The van der Waals surface area contributed by atoms with Crippen LogP contribution in [0.4, 0.5) is 4.79 Å². The van der Waals surface area contributed by atoms with Gasteiger partial charge >= 0.3 is 6.03 Å². The summed E-state index contributed by atoms with van der Waals surface area (Å²) in [6, 6.07) is 10.5. The zero-order valence-corrected chi connectivity index (χ0v) is 12.1. The SMILES string of the molecule is NC(=O)N(O)Cc1ccc(Sc2cccc(Cl)c2)s1. The molecule has 1 aromatic carbocycles. The number of hydroxylamine groups is 2. The maximum Gasteiger partial charge on any atom is 0.338 e. The Kier molecular flexibility index (Phi) is 4.71. The van der Waals surface area contributed by atoms with E-state index in [1.165, 1.54) is 11.3 Å². The van der Waals surface area contributed by atoms with Gasteiger partial charge in [0.2, 0.25) is 0 Å². The molecular weight excluding hydrogens is 304 g/mol. The van der Waals surface area contributed by atoms with Crippen LogP contribution in [0.5, 0.6) is 0 Å². The predicted molar refractivity (Wildman–Crippen MR) is 76.8 cm³/mol. The molecule has 1 heterocycles. The molecule has 0 aliphatic heterocycles. The summed E-state index contributed by atoms with van der Waals surface area (Å²) < 4.78 is 1.05. The summed E-state index contributed by atoms with van der Waals surface area (Å²) in [5, 5.41) is 10.4. The predicted octanol–water partition coefficient (Wildman–Crippen LogP) is 3.82. The van der Waals surface area contributed by atoms with Gasteiger partial charge in [0.15, 0.2) is 0 Å². The van der Waals surface area contributed by atoms with Crippen molar-refractivity contribution in [3.8, 4) is 0 Å². The third kappa shape index (κ3) is 4.14. The van der Waals surface area contributed by atoms with Crippen LogP contribution in [0, 0.1) is 0 Å². The lowest BCUT2D eigenvalue weighted by Gasteiger charge is -2.09. The fraction of sp³-hybridized carbons (Fsp3) is 0.0833. The molecule has 3 N–H and O–H groups in total. The Morgan fingerprint density at radius 2 is 2.21 bits per heavy atom. The zero-order chi connectivity index (χ0) is 13.8. The molecule has 0 saturated carbocycles. The number of benzene rings is 1. The van der Waals surface area contributed by atoms with E-state index in [0.29, 0.717) is 10.1 Å². The number of carbonyl (C=O) groups is 1. The Hall–Kier alpha value is -1.21. The Morgan fingerprint density at radius 1 is 1.42 bits per heavy atom. The highest BCUT2D eigenvalue weighted by Crippen LogP contribution is 2.34. The maximum atomic E-state index is 10.7. The number of primary amides is 1. The molecule has 19 heavy (non-hydrogen) atoms. The molecule has 0 atom stereocenters. The number of nitrogens with two attached hydrogens (primary N) is 1. The quantitative estimate of drug-likeness (QED) is 0.666. The standard InChI is InChI=1S/C12H11ClN2O2S2/c13-8-2-1-3-9(6-8)18-11-5-4-10(19-11)7-15(17)12(14)16/h1-6,17H,7H2,(H2,14,16). The number of nitrogens with zero attached hydrogens (tertiary/aromatic N) is 1. The van der Waals surface area contributed by atoms with Gasteiger partial charge in [0.1, 0.15) is 0 Å². The van der Waals surface area contributed by atoms with Gasteiger partial charge in [-0.2, -0.15) is 0 Å². The molecule has 0 aliphatic carbocycles. The number of rotatable bonds is 4. The molecule has 0 unspecified atom stereocenters. The number of hydrogen-bond acceptors (Lipinski definition) is 4. The van der Waals surface area contributed by atoms with Crippen LogP contribution in [-0.4, -0.2) is 16.3 Å². The van der Waals surface area contributed by atoms with Crippen molar-refractivity contribution in [2.24, 2.45) is 5.73 Å². The summed E-state index contributed by atoms with van der Waals surface area (Å²) in [6.07, 6.45) is 0. The van der Waals surface area contributed by atoms with Crippen molar-refractivity contribution in [1.82, 2.24) is 5.06 Å². The largest absolute Gasteiger partial charge is 0.350 e. The van der Waals surface area contributed by atoms with E-state index >= 15 is 0 Å². The average molecular weight is 315 g/mol. The maximum absolute atomic E-state index is 10.7. The van der Waals surface area contributed by atoms with E-state index in [0.717, 1.165) is 14.0 Å². The monoisotopic (exact) mass is 314 g/mol. The van der Waals surface area contributed by atoms with Crippen molar-refractivity contribution < 1.29 is 10.0 Å². The first kappa shape index (κ1) is 14.2. The van der Waals surface area contributed by atoms with E-state index in [1.54, 1.807) is 11.8 Å². The van der Waals surface area contributed by atoms with Crippen molar-refractivity contribution in [3.05, 3.63) is 46.3 Å². The molecule has 0 fully saturated rings. The van der Waals surface area contributed by atoms with Gasteiger partial charge in [0, 0.05) is 14.8 Å². The van der Waals surface area contributed by atoms with Gasteiger partial charge in [-0.15, -0.1) is 11.3 Å². The first-order chi connectivity index (χ1) is 9.04. The fourth-order valence-corrected chi connectivity index (χ4v) is 3.82. The molecule has 2 aromatic rings. The summed E-state index contributed by atoms with van der Waals surface area (Å²) in [7, 11) is 0. The molecule has 1 aromatic heterocycles. The second-order valence-electron chi connectivity index (χ2n) is 3.68. The number of urea groups is 1. The van der Waals surface area contributed by atoms with E-state index < -0.39 is 6.03 Å². The van der Waals surface area contributed by atoms with Crippen LogP contribution >= 0.6 is 34.7 Å². The Morgan fingerprint density at radius 3 is 2.89 bits per heavy atom. The lowest BCUT2D eigenvalue weighted by molar-refractivity contribution is -0.0462. The van der Waals surface area contributed by atoms with Gasteiger partial charge in [-0.25, -0.2) is 9.86 Å². The molecule has 7 heteroatoms. The number of hydrogen-bond donors (Lipinski definition) is 2. The first-order valence-electron chi connectivity index (χ1n) is 5.32. The molecule has 0 bridgehead atoms. The van der Waals surface area contributed by atoms with Crippen LogP contribution in [-0.2, 0) is 6.54 Å². The zero-order valence-electron chi connectivity index (χ0n) is 9.75. The van der Waals surface area contributed by atoms with Crippen molar-refractivity contribution in [2.45, 2.75) is 15.6 Å². The lowest BCUT2D eigenvalue weighted by atomic mass is 10.4. The minimum Gasteiger partial charge on any atom is -0.350 e. The summed E-state index contributed by atoms with van der Waals surface area (Å²) in [6.45, 7) is 0.0934. The summed E-state index contributed by atoms with van der Waals surface area (Å²) in [4.78, 5) is 12.6. The van der Waals surface area contributed by atoms with Crippen molar-refractivity contribution in [2.75, 3.05) is 0 Å². The summed E-state index contributed by atoms with van der Waals surface area (Å²) in [5.41, 5.74) is 4.95. The smallest absolute Gasteiger partial charge is 0.338 e. The molecule has 4 nitrogen and oxygen atoms in total. The highest BCUT2D eigenvalue weighted by atomic mass is 35.5. The van der Waals surface area contributed by atoms with Gasteiger partial charge in [-0.1, -0.05) is 29.4 Å². The molecule has 0 spiro atoms. The number of thiophene rings is 1. The van der Waals surface area contributed by atoms with Gasteiger partial charge in [0.25, 0.3) is 0 Å². The Bertz CT molecular complexity index is 589. The van der Waals surface area contributed by atoms with Crippen LogP contribution in [0.2, 0.25) is 5.02 Å². The third-order valence-electron chi connectivity index (χ3n) is 2.21. The van der Waals surface area contributed by atoms with Crippen LogP contribution in [0.3, 0.4) is 0 Å².